The lowest BCUT2D eigenvalue weighted by Crippen LogP contribution is -2.43. The van der Waals surface area contributed by atoms with Crippen LogP contribution < -0.4 is 9.80 Å². The van der Waals surface area contributed by atoms with Gasteiger partial charge < -0.3 is 9.64 Å². The molecule has 0 aliphatic carbocycles. The van der Waals surface area contributed by atoms with Gasteiger partial charge >= 0.3 is 6.09 Å². The molecular weight excluding hydrogens is 291 g/mol. The van der Waals surface area contributed by atoms with Crippen molar-refractivity contribution in [3.05, 3.63) is 24.0 Å². The molecule has 1 aromatic carbocycles. The topological polar surface area (TPSA) is 32.8 Å². The van der Waals surface area contributed by atoms with E-state index in [-0.39, 0.29) is 5.82 Å². The number of carbonyl (C=O) groups excluding carboxylic acids is 1. The second-order valence-electron chi connectivity index (χ2n) is 5.73. The molecule has 2 atom stereocenters. The van der Waals surface area contributed by atoms with Gasteiger partial charge in [-0.2, -0.15) is 11.8 Å². The molecule has 0 aromatic heterocycles. The van der Waals surface area contributed by atoms with Crippen molar-refractivity contribution in [3.8, 4) is 0 Å². The first-order chi connectivity index (χ1) is 10.2. The SMILES string of the molecule is O=C1OCCN1c1ccc(N2C3CC[C@H]2CSC3)c(F)c1. The highest BCUT2D eigenvalue weighted by atomic mass is 32.2. The van der Waals surface area contributed by atoms with Crippen LogP contribution in [0.15, 0.2) is 18.2 Å². The molecule has 4 nitrogen and oxygen atoms in total. The van der Waals surface area contributed by atoms with E-state index in [1.54, 1.807) is 0 Å². The second kappa shape index (κ2) is 5.09. The van der Waals surface area contributed by atoms with E-state index in [0.717, 1.165) is 24.3 Å². The first kappa shape index (κ1) is 13.2. The van der Waals surface area contributed by atoms with E-state index in [4.69, 9.17) is 4.74 Å². The third kappa shape index (κ3) is 2.16. The minimum absolute atomic E-state index is 0.240. The average molecular weight is 308 g/mol. The molecule has 1 aromatic rings. The molecule has 3 saturated heterocycles. The van der Waals surface area contributed by atoms with E-state index in [1.807, 2.05) is 23.9 Å². The molecule has 0 N–H and O–H groups in total. The molecule has 21 heavy (non-hydrogen) atoms. The lowest BCUT2D eigenvalue weighted by atomic mass is 10.2. The number of fused-ring (bicyclic) bond motifs is 2. The van der Waals surface area contributed by atoms with Gasteiger partial charge in [0, 0.05) is 23.6 Å². The van der Waals surface area contributed by atoms with Crippen molar-refractivity contribution in [2.75, 3.05) is 34.5 Å². The Hall–Kier alpha value is -1.43. The van der Waals surface area contributed by atoms with Gasteiger partial charge in [-0.05, 0) is 31.0 Å². The van der Waals surface area contributed by atoms with Crippen LogP contribution >= 0.6 is 11.8 Å². The smallest absolute Gasteiger partial charge is 0.414 e. The second-order valence-corrected chi connectivity index (χ2v) is 6.81. The van der Waals surface area contributed by atoms with Gasteiger partial charge in [0.05, 0.1) is 17.9 Å². The minimum Gasteiger partial charge on any atom is -0.447 e. The minimum atomic E-state index is -0.392. The standard InChI is InChI=1S/C15H17FN2O2S/c16-13-7-10(17-5-6-20-15(17)19)3-4-14(13)18-11-1-2-12(18)9-21-8-11/h3-4,7,11-12H,1-2,5-6,8-9H2/t11-,12?/m0/s1. The van der Waals surface area contributed by atoms with Gasteiger partial charge in [0.15, 0.2) is 0 Å². The zero-order chi connectivity index (χ0) is 14.4. The fourth-order valence-corrected chi connectivity index (χ4v) is 4.86. The Kier molecular flexibility index (Phi) is 3.21. The number of benzene rings is 1. The summed E-state index contributed by atoms with van der Waals surface area (Å²) in [5, 5.41) is 0. The highest BCUT2D eigenvalue weighted by Crippen LogP contribution is 2.39. The molecule has 3 fully saturated rings. The lowest BCUT2D eigenvalue weighted by molar-refractivity contribution is 0.181. The van der Waals surface area contributed by atoms with Crippen LogP contribution in [0.1, 0.15) is 12.8 Å². The van der Waals surface area contributed by atoms with E-state index < -0.39 is 6.09 Å². The fourth-order valence-electron chi connectivity index (χ4n) is 3.52. The van der Waals surface area contributed by atoms with Crippen molar-refractivity contribution in [2.24, 2.45) is 0 Å². The zero-order valence-electron chi connectivity index (χ0n) is 11.6. The van der Waals surface area contributed by atoms with Crippen LogP contribution in [0, 0.1) is 5.82 Å². The van der Waals surface area contributed by atoms with Gasteiger partial charge in [-0.3, -0.25) is 4.90 Å². The summed E-state index contributed by atoms with van der Waals surface area (Å²) in [5.74, 6) is 1.92. The van der Waals surface area contributed by atoms with Crippen LogP contribution in [0.2, 0.25) is 0 Å². The van der Waals surface area contributed by atoms with Gasteiger partial charge in [0.25, 0.3) is 0 Å². The normalized spacial score (nSPS) is 28.1. The quantitative estimate of drug-likeness (QED) is 0.841. The summed E-state index contributed by atoms with van der Waals surface area (Å²) in [4.78, 5) is 15.3. The highest BCUT2D eigenvalue weighted by molar-refractivity contribution is 7.99. The summed E-state index contributed by atoms with van der Waals surface area (Å²) in [6, 6.07) is 6.00. The lowest BCUT2D eigenvalue weighted by Gasteiger charge is -2.36. The molecule has 1 amide bonds. The van der Waals surface area contributed by atoms with Crippen molar-refractivity contribution < 1.29 is 13.9 Å². The molecular formula is C15H17FN2O2S. The molecule has 3 aliphatic rings. The molecule has 2 bridgehead atoms. The van der Waals surface area contributed by atoms with Crippen LogP contribution in [-0.4, -0.2) is 42.8 Å². The van der Waals surface area contributed by atoms with Crippen molar-refractivity contribution >= 4 is 29.2 Å². The number of hydrogen-bond donors (Lipinski definition) is 0. The maximum atomic E-state index is 14.6. The summed E-state index contributed by atoms with van der Waals surface area (Å²) >= 11 is 1.97. The summed E-state index contributed by atoms with van der Waals surface area (Å²) < 4.78 is 19.5. The Morgan fingerprint density at radius 3 is 2.62 bits per heavy atom. The van der Waals surface area contributed by atoms with E-state index in [1.165, 1.54) is 11.0 Å². The van der Waals surface area contributed by atoms with Crippen molar-refractivity contribution in [1.82, 2.24) is 0 Å². The van der Waals surface area contributed by atoms with Gasteiger partial charge in [-0.15, -0.1) is 0 Å². The number of carbonyl (C=O) groups is 1. The Morgan fingerprint density at radius 2 is 2.00 bits per heavy atom. The number of halogens is 1. The number of nitrogens with zero attached hydrogens (tertiary/aromatic N) is 2. The molecule has 1 unspecified atom stereocenters. The molecule has 112 valence electrons. The summed E-state index contributed by atoms with van der Waals surface area (Å²) in [6.45, 7) is 0.860. The predicted molar refractivity (Wildman–Crippen MR) is 81.7 cm³/mol. The summed E-state index contributed by atoms with van der Waals surface area (Å²) in [6.07, 6.45) is 1.91. The van der Waals surface area contributed by atoms with E-state index >= 15 is 0 Å². The summed E-state index contributed by atoms with van der Waals surface area (Å²) in [5.41, 5.74) is 1.26. The Morgan fingerprint density at radius 1 is 1.24 bits per heavy atom. The van der Waals surface area contributed by atoms with Crippen LogP contribution in [-0.2, 0) is 4.74 Å². The number of amides is 1. The zero-order valence-corrected chi connectivity index (χ0v) is 12.4. The average Bonchev–Trinajstić information content (AvgIpc) is 3.00. The van der Waals surface area contributed by atoms with Gasteiger partial charge in [0.2, 0.25) is 0 Å². The Balaban J connectivity index is 1.64. The number of hydrogen-bond acceptors (Lipinski definition) is 4. The Labute approximate surface area is 127 Å². The van der Waals surface area contributed by atoms with Crippen LogP contribution in [0.3, 0.4) is 0 Å². The van der Waals surface area contributed by atoms with Crippen molar-refractivity contribution in [3.63, 3.8) is 0 Å². The third-order valence-electron chi connectivity index (χ3n) is 4.52. The summed E-state index contributed by atoms with van der Waals surface area (Å²) in [7, 11) is 0. The van der Waals surface area contributed by atoms with Crippen molar-refractivity contribution in [1.29, 1.82) is 0 Å². The van der Waals surface area contributed by atoms with Crippen LogP contribution in [0.4, 0.5) is 20.6 Å². The van der Waals surface area contributed by atoms with Gasteiger partial charge in [-0.1, -0.05) is 0 Å². The number of cyclic esters (lactones) is 1. The molecule has 3 aliphatic heterocycles. The first-order valence-electron chi connectivity index (χ1n) is 7.34. The maximum Gasteiger partial charge on any atom is 0.414 e. The number of thioether (sulfide) groups is 1. The highest BCUT2D eigenvalue weighted by Gasteiger charge is 2.38. The Bertz CT molecular complexity index is 567. The van der Waals surface area contributed by atoms with Crippen LogP contribution in [0.25, 0.3) is 0 Å². The molecule has 4 rings (SSSR count). The van der Waals surface area contributed by atoms with Crippen molar-refractivity contribution in [2.45, 2.75) is 24.9 Å². The molecule has 6 heteroatoms. The number of rotatable bonds is 2. The first-order valence-corrected chi connectivity index (χ1v) is 8.49. The van der Waals surface area contributed by atoms with E-state index in [9.17, 15) is 9.18 Å². The molecule has 0 saturated carbocycles. The maximum absolute atomic E-state index is 14.6. The predicted octanol–water partition coefficient (Wildman–Crippen LogP) is 2.87. The van der Waals surface area contributed by atoms with E-state index in [2.05, 4.69) is 4.90 Å². The van der Waals surface area contributed by atoms with Crippen LogP contribution in [0.5, 0.6) is 0 Å². The fraction of sp³-hybridized carbons (Fsp3) is 0.533. The van der Waals surface area contributed by atoms with Gasteiger partial charge in [0.1, 0.15) is 12.4 Å². The van der Waals surface area contributed by atoms with Gasteiger partial charge in [-0.25, -0.2) is 9.18 Å². The largest absolute Gasteiger partial charge is 0.447 e. The molecule has 0 radical (unpaired) electrons. The number of anilines is 2. The monoisotopic (exact) mass is 308 g/mol. The molecule has 3 heterocycles. The number of ether oxygens (including phenoxy) is 1. The molecule has 0 spiro atoms. The third-order valence-corrected chi connectivity index (χ3v) is 5.76. The van der Waals surface area contributed by atoms with E-state index in [0.29, 0.717) is 36.6 Å².